The van der Waals surface area contributed by atoms with Crippen molar-refractivity contribution in [3.8, 4) is 11.8 Å². The SMILES string of the molecule is C[C@@H](C(=O)Nc1ccc(C#N)cc1)N(C)CCOc1ccccc1. The lowest BCUT2D eigenvalue weighted by Gasteiger charge is -2.23. The minimum Gasteiger partial charge on any atom is -0.492 e. The molecule has 2 rings (SSSR count). The Bertz CT molecular complexity index is 693. The zero-order valence-corrected chi connectivity index (χ0v) is 13.9. The van der Waals surface area contributed by atoms with Crippen molar-refractivity contribution in [3.05, 3.63) is 60.2 Å². The van der Waals surface area contributed by atoms with Gasteiger partial charge in [-0.25, -0.2) is 0 Å². The molecule has 0 fully saturated rings. The average molecular weight is 323 g/mol. The first-order valence-corrected chi connectivity index (χ1v) is 7.79. The van der Waals surface area contributed by atoms with E-state index in [4.69, 9.17) is 10.00 Å². The third-order valence-electron chi connectivity index (χ3n) is 3.78. The van der Waals surface area contributed by atoms with Gasteiger partial charge in [0.25, 0.3) is 0 Å². The number of carbonyl (C=O) groups excluding carboxylic acids is 1. The second-order valence-electron chi connectivity index (χ2n) is 5.50. The molecule has 0 spiro atoms. The van der Waals surface area contributed by atoms with Gasteiger partial charge in [-0.1, -0.05) is 18.2 Å². The molecule has 0 saturated carbocycles. The molecule has 1 atom stereocenters. The fourth-order valence-corrected chi connectivity index (χ4v) is 2.09. The molecule has 5 nitrogen and oxygen atoms in total. The van der Waals surface area contributed by atoms with E-state index in [0.717, 1.165) is 5.75 Å². The third-order valence-corrected chi connectivity index (χ3v) is 3.78. The highest BCUT2D eigenvalue weighted by Crippen LogP contribution is 2.11. The molecule has 24 heavy (non-hydrogen) atoms. The van der Waals surface area contributed by atoms with E-state index in [2.05, 4.69) is 11.4 Å². The number of benzene rings is 2. The predicted octanol–water partition coefficient (Wildman–Crippen LogP) is 2.90. The Morgan fingerprint density at radius 1 is 1.21 bits per heavy atom. The second kappa shape index (κ2) is 8.70. The van der Waals surface area contributed by atoms with Crippen molar-refractivity contribution in [1.29, 1.82) is 5.26 Å². The fraction of sp³-hybridized carbons (Fsp3) is 0.263. The molecule has 0 unspecified atom stereocenters. The number of rotatable bonds is 7. The quantitative estimate of drug-likeness (QED) is 0.851. The van der Waals surface area contributed by atoms with Gasteiger partial charge >= 0.3 is 0 Å². The van der Waals surface area contributed by atoms with Crippen LogP contribution >= 0.6 is 0 Å². The summed E-state index contributed by atoms with van der Waals surface area (Å²) in [6, 6.07) is 18.2. The van der Waals surface area contributed by atoms with Gasteiger partial charge in [-0.15, -0.1) is 0 Å². The first-order chi connectivity index (χ1) is 11.6. The number of ether oxygens (including phenoxy) is 1. The molecular weight excluding hydrogens is 302 g/mol. The summed E-state index contributed by atoms with van der Waals surface area (Å²) in [5.41, 5.74) is 1.25. The molecule has 124 valence electrons. The largest absolute Gasteiger partial charge is 0.492 e. The molecule has 0 aliphatic rings. The Morgan fingerprint density at radius 3 is 2.50 bits per heavy atom. The topological polar surface area (TPSA) is 65.4 Å². The predicted molar refractivity (Wildman–Crippen MR) is 93.8 cm³/mol. The molecule has 1 amide bonds. The minimum absolute atomic E-state index is 0.0954. The molecule has 5 heteroatoms. The van der Waals surface area contributed by atoms with E-state index >= 15 is 0 Å². The summed E-state index contributed by atoms with van der Waals surface area (Å²) in [5, 5.41) is 11.6. The van der Waals surface area contributed by atoms with Gasteiger partial charge in [0.15, 0.2) is 0 Å². The molecule has 0 aliphatic carbocycles. The van der Waals surface area contributed by atoms with Gasteiger partial charge in [-0.05, 0) is 50.4 Å². The molecule has 0 heterocycles. The third kappa shape index (κ3) is 5.11. The Hall–Kier alpha value is -2.84. The van der Waals surface area contributed by atoms with E-state index in [-0.39, 0.29) is 11.9 Å². The first-order valence-electron chi connectivity index (χ1n) is 7.79. The zero-order valence-electron chi connectivity index (χ0n) is 13.9. The number of nitrogens with zero attached hydrogens (tertiary/aromatic N) is 2. The van der Waals surface area contributed by atoms with E-state index < -0.39 is 0 Å². The van der Waals surface area contributed by atoms with Gasteiger partial charge < -0.3 is 10.1 Å². The van der Waals surface area contributed by atoms with Crippen molar-refractivity contribution >= 4 is 11.6 Å². The maximum Gasteiger partial charge on any atom is 0.241 e. The van der Waals surface area contributed by atoms with Gasteiger partial charge in [0.05, 0.1) is 17.7 Å². The number of anilines is 1. The van der Waals surface area contributed by atoms with Crippen molar-refractivity contribution in [1.82, 2.24) is 4.90 Å². The normalized spacial score (nSPS) is 11.6. The summed E-state index contributed by atoms with van der Waals surface area (Å²) in [6.07, 6.45) is 0. The van der Waals surface area contributed by atoms with Crippen molar-refractivity contribution < 1.29 is 9.53 Å². The summed E-state index contributed by atoms with van der Waals surface area (Å²) >= 11 is 0. The maximum atomic E-state index is 12.3. The minimum atomic E-state index is -0.292. The molecule has 0 saturated heterocycles. The zero-order chi connectivity index (χ0) is 17.4. The van der Waals surface area contributed by atoms with E-state index in [0.29, 0.717) is 24.4 Å². The molecule has 1 N–H and O–H groups in total. The van der Waals surface area contributed by atoms with Crippen LogP contribution in [0.2, 0.25) is 0 Å². The van der Waals surface area contributed by atoms with Gasteiger partial charge in [0, 0.05) is 12.2 Å². The number of amides is 1. The van der Waals surface area contributed by atoms with Gasteiger partial charge in [0.1, 0.15) is 12.4 Å². The van der Waals surface area contributed by atoms with Gasteiger partial charge in [0.2, 0.25) is 5.91 Å². The molecule has 0 aliphatic heterocycles. The highest BCUT2D eigenvalue weighted by atomic mass is 16.5. The Balaban J connectivity index is 1.79. The van der Waals surface area contributed by atoms with Crippen LogP contribution in [0.5, 0.6) is 5.75 Å². The number of carbonyl (C=O) groups is 1. The van der Waals surface area contributed by atoms with Crippen LogP contribution < -0.4 is 10.1 Å². The van der Waals surface area contributed by atoms with Crippen LogP contribution in [0.15, 0.2) is 54.6 Å². The molecule has 0 bridgehead atoms. The number of para-hydroxylation sites is 1. The molecular formula is C19H21N3O2. The molecule has 2 aromatic carbocycles. The van der Waals surface area contributed by atoms with Crippen LogP contribution in [0, 0.1) is 11.3 Å². The van der Waals surface area contributed by atoms with Crippen LogP contribution in [-0.2, 0) is 4.79 Å². The summed E-state index contributed by atoms with van der Waals surface area (Å²) in [7, 11) is 1.89. The molecule has 2 aromatic rings. The van der Waals surface area contributed by atoms with Crippen LogP contribution in [0.25, 0.3) is 0 Å². The lowest BCUT2D eigenvalue weighted by atomic mass is 10.2. The lowest BCUT2D eigenvalue weighted by Crippen LogP contribution is -2.41. The molecule has 0 radical (unpaired) electrons. The fourth-order valence-electron chi connectivity index (χ4n) is 2.09. The maximum absolute atomic E-state index is 12.3. The van der Waals surface area contributed by atoms with Crippen molar-refractivity contribution in [2.75, 3.05) is 25.5 Å². The molecule has 0 aromatic heterocycles. The highest BCUT2D eigenvalue weighted by Gasteiger charge is 2.18. The highest BCUT2D eigenvalue weighted by molar-refractivity contribution is 5.94. The number of likely N-dealkylation sites (N-methyl/N-ethyl adjacent to an activating group) is 1. The monoisotopic (exact) mass is 323 g/mol. The van der Waals surface area contributed by atoms with Crippen molar-refractivity contribution in [2.24, 2.45) is 0 Å². The van der Waals surface area contributed by atoms with Crippen LogP contribution in [-0.4, -0.2) is 37.0 Å². The summed E-state index contributed by atoms with van der Waals surface area (Å²) in [4.78, 5) is 14.2. The smallest absolute Gasteiger partial charge is 0.241 e. The van der Waals surface area contributed by atoms with E-state index in [1.807, 2.05) is 49.2 Å². The lowest BCUT2D eigenvalue weighted by molar-refractivity contribution is -0.120. The standard InChI is InChI=1S/C19H21N3O2/c1-15(19(23)21-17-10-8-16(14-20)9-11-17)22(2)12-13-24-18-6-4-3-5-7-18/h3-11,15H,12-13H2,1-2H3,(H,21,23)/t15-/m0/s1. The Morgan fingerprint density at radius 2 is 1.88 bits per heavy atom. The average Bonchev–Trinajstić information content (AvgIpc) is 2.62. The number of hydrogen-bond donors (Lipinski definition) is 1. The van der Waals surface area contributed by atoms with E-state index in [1.54, 1.807) is 24.3 Å². The Kier molecular flexibility index (Phi) is 6.35. The Labute approximate surface area is 142 Å². The summed E-state index contributed by atoms with van der Waals surface area (Å²) < 4.78 is 5.65. The van der Waals surface area contributed by atoms with Crippen molar-refractivity contribution in [2.45, 2.75) is 13.0 Å². The second-order valence-corrected chi connectivity index (χ2v) is 5.50. The van der Waals surface area contributed by atoms with Crippen molar-refractivity contribution in [3.63, 3.8) is 0 Å². The van der Waals surface area contributed by atoms with Gasteiger partial charge in [-0.2, -0.15) is 5.26 Å². The van der Waals surface area contributed by atoms with Gasteiger partial charge in [-0.3, -0.25) is 9.69 Å². The summed E-state index contributed by atoms with van der Waals surface area (Å²) in [5.74, 6) is 0.725. The first kappa shape index (κ1) is 17.5. The summed E-state index contributed by atoms with van der Waals surface area (Å²) in [6.45, 7) is 2.99. The van der Waals surface area contributed by atoms with Crippen LogP contribution in [0.1, 0.15) is 12.5 Å². The number of nitrogens with one attached hydrogen (secondary N) is 1. The number of nitriles is 1. The number of hydrogen-bond acceptors (Lipinski definition) is 4. The van der Waals surface area contributed by atoms with Crippen LogP contribution in [0.4, 0.5) is 5.69 Å². The van der Waals surface area contributed by atoms with Crippen LogP contribution in [0.3, 0.4) is 0 Å². The van der Waals surface area contributed by atoms with E-state index in [9.17, 15) is 4.79 Å². The van der Waals surface area contributed by atoms with E-state index in [1.165, 1.54) is 0 Å².